The summed E-state index contributed by atoms with van der Waals surface area (Å²) in [6, 6.07) is 3.02. The Balaban J connectivity index is 1.94. The van der Waals surface area contributed by atoms with Gasteiger partial charge in [0.25, 0.3) is 5.91 Å². The lowest BCUT2D eigenvalue weighted by atomic mass is 10.2. The second kappa shape index (κ2) is 5.95. The smallest absolute Gasteiger partial charge is 0.339 e. The molecule has 110 valence electrons. The Morgan fingerprint density at radius 2 is 2.14 bits per heavy atom. The van der Waals surface area contributed by atoms with Crippen LogP contribution in [0.5, 0.6) is 0 Å². The van der Waals surface area contributed by atoms with Gasteiger partial charge in [-0.05, 0) is 19.1 Å². The van der Waals surface area contributed by atoms with Crippen molar-refractivity contribution < 1.29 is 23.9 Å². The molecule has 0 fully saturated rings. The summed E-state index contributed by atoms with van der Waals surface area (Å²) in [7, 11) is 0. The van der Waals surface area contributed by atoms with Gasteiger partial charge in [-0.2, -0.15) is 0 Å². The molecule has 2 amide bonds. The zero-order valence-electron chi connectivity index (χ0n) is 11.1. The zero-order chi connectivity index (χ0) is 15.4. The van der Waals surface area contributed by atoms with E-state index in [1.165, 1.54) is 18.5 Å². The number of carboxylic acid groups (broad SMARTS) is 1. The molecule has 21 heavy (non-hydrogen) atoms. The first kappa shape index (κ1) is 14.4. The highest BCUT2D eigenvalue weighted by molar-refractivity contribution is 6.03. The number of carboxylic acids is 1. The number of aromatic carboxylic acids is 1. The zero-order valence-corrected chi connectivity index (χ0v) is 11.1. The first-order chi connectivity index (χ1) is 9.99. The van der Waals surface area contributed by atoms with Crippen LogP contribution < -0.4 is 10.6 Å². The number of hydrogen-bond acceptors (Lipinski definition) is 4. The highest BCUT2D eigenvalue weighted by atomic mass is 16.4. The van der Waals surface area contributed by atoms with Gasteiger partial charge in [0.15, 0.2) is 5.76 Å². The number of carbonyl (C=O) groups is 3. The number of rotatable bonds is 5. The molecule has 0 unspecified atom stereocenters. The summed E-state index contributed by atoms with van der Waals surface area (Å²) in [6.45, 7) is 1.28. The fourth-order valence-corrected chi connectivity index (χ4v) is 1.75. The number of aryl methyl sites for hydroxylation is 1. The standard InChI is InChI=1S/C13H13N3O5/c1-7-11(13(19)20)8(5-14-7)16-10(17)6-15-12(18)9-3-2-4-21-9/h2-5,14H,6H2,1H3,(H,15,18)(H,16,17)(H,19,20). The Labute approximate surface area is 119 Å². The Kier molecular flexibility index (Phi) is 4.07. The van der Waals surface area contributed by atoms with E-state index in [0.717, 1.165) is 0 Å². The van der Waals surface area contributed by atoms with Crippen LogP contribution in [0.4, 0.5) is 5.69 Å². The largest absolute Gasteiger partial charge is 0.478 e. The first-order valence-electron chi connectivity index (χ1n) is 6.02. The molecule has 0 aromatic carbocycles. The summed E-state index contributed by atoms with van der Waals surface area (Å²) in [5.41, 5.74) is 0.565. The molecule has 8 nitrogen and oxygen atoms in total. The normalized spacial score (nSPS) is 10.1. The maximum absolute atomic E-state index is 11.7. The van der Waals surface area contributed by atoms with E-state index in [4.69, 9.17) is 9.52 Å². The third-order valence-electron chi connectivity index (χ3n) is 2.72. The second-order valence-corrected chi connectivity index (χ2v) is 4.22. The van der Waals surface area contributed by atoms with Crippen molar-refractivity contribution in [2.75, 3.05) is 11.9 Å². The van der Waals surface area contributed by atoms with Crippen LogP contribution in [-0.4, -0.2) is 34.4 Å². The summed E-state index contributed by atoms with van der Waals surface area (Å²) in [5, 5.41) is 13.8. The Morgan fingerprint density at radius 1 is 1.38 bits per heavy atom. The maximum atomic E-state index is 11.7. The summed E-state index contributed by atoms with van der Waals surface area (Å²) in [6.07, 6.45) is 2.72. The van der Waals surface area contributed by atoms with E-state index in [2.05, 4.69) is 15.6 Å². The number of nitrogens with one attached hydrogen (secondary N) is 3. The van der Waals surface area contributed by atoms with Gasteiger partial charge in [0.05, 0.1) is 18.5 Å². The number of aromatic amines is 1. The van der Waals surface area contributed by atoms with Crippen molar-refractivity contribution in [3.8, 4) is 0 Å². The topological polar surface area (TPSA) is 124 Å². The molecule has 0 aliphatic rings. The van der Waals surface area contributed by atoms with Crippen molar-refractivity contribution in [2.24, 2.45) is 0 Å². The second-order valence-electron chi connectivity index (χ2n) is 4.22. The van der Waals surface area contributed by atoms with Crippen LogP contribution in [0.1, 0.15) is 26.6 Å². The van der Waals surface area contributed by atoms with E-state index >= 15 is 0 Å². The SMILES string of the molecule is Cc1[nH]cc(NC(=O)CNC(=O)c2ccco2)c1C(=O)O. The Bertz CT molecular complexity index is 672. The van der Waals surface area contributed by atoms with Crippen molar-refractivity contribution in [3.05, 3.63) is 41.6 Å². The molecule has 0 radical (unpaired) electrons. The van der Waals surface area contributed by atoms with Gasteiger partial charge < -0.3 is 25.1 Å². The first-order valence-corrected chi connectivity index (χ1v) is 6.02. The van der Waals surface area contributed by atoms with Crippen LogP contribution in [-0.2, 0) is 4.79 Å². The van der Waals surface area contributed by atoms with E-state index in [9.17, 15) is 14.4 Å². The molecule has 0 spiro atoms. The molecule has 4 N–H and O–H groups in total. The number of carbonyl (C=O) groups excluding carboxylic acids is 2. The van der Waals surface area contributed by atoms with E-state index in [-0.39, 0.29) is 23.6 Å². The Hall–Kier alpha value is -3.03. The van der Waals surface area contributed by atoms with Crippen LogP contribution in [0.25, 0.3) is 0 Å². The van der Waals surface area contributed by atoms with Crippen LogP contribution in [0.2, 0.25) is 0 Å². The van der Waals surface area contributed by atoms with Gasteiger partial charge in [-0.15, -0.1) is 0 Å². The molecule has 0 saturated carbocycles. The maximum Gasteiger partial charge on any atom is 0.339 e. The van der Waals surface area contributed by atoms with Gasteiger partial charge in [-0.3, -0.25) is 9.59 Å². The average Bonchev–Trinajstić information content (AvgIpc) is 3.06. The van der Waals surface area contributed by atoms with Crippen molar-refractivity contribution in [1.29, 1.82) is 0 Å². The molecule has 2 aromatic rings. The minimum atomic E-state index is -1.15. The van der Waals surface area contributed by atoms with E-state index in [1.54, 1.807) is 13.0 Å². The van der Waals surface area contributed by atoms with Crippen LogP contribution in [0, 0.1) is 6.92 Å². The predicted octanol–water partition coefficient (Wildman–Crippen LogP) is 0.983. The predicted molar refractivity (Wildman–Crippen MR) is 72.2 cm³/mol. The van der Waals surface area contributed by atoms with Gasteiger partial charge in [-0.1, -0.05) is 0 Å². The van der Waals surface area contributed by atoms with Crippen LogP contribution >= 0.6 is 0 Å². The number of hydrogen-bond donors (Lipinski definition) is 4. The number of amides is 2. The number of furan rings is 1. The molecule has 2 aromatic heterocycles. The minimum absolute atomic E-state index is 0.0132. The van der Waals surface area contributed by atoms with Crippen molar-refractivity contribution >= 4 is 23.5 Å². The highest BCUT2D eigenvalue weighted by Crippen LogP contribution is 2.18. The van der Waals surface area contributed by atoms with Crippen molar-refractivity contribution in [1.82, 2.24) is 10.3 Å². The molecule has 2 rings (SSSR count). The van der Waals surface area contributed by atoms with Gasteiger partial charge in [0, 0.05) is 11.9 Å². The van der Waals surface area contributed by atoms with Crippen LogP contribution in [0.15, 0.2) is 29.0 Å². The lowest BCUT2D eigenvalue weighted by Crippen LogP contribution is -2.32. The monoisotopic (exact) mass is 291 g/mol. The lowest BCUT2D eigenvalue weighted by Gasteiger charge is -2.05. The fourth-order valence-electron chi connectivity index (χ4n) is 1.75. The third kappa shape index (κ3) is 3.30. The molecular weight excluding hydrogens is 278 g/mol. The molecule has 0 aliphatic heterocycles. The molecule has 0 atom stereocenters. The summed E-state index contributed by atoms with van der Waals surface area (Å²) in [5.74, 6) is -2.13. The molecule has 0 aliphatic carbocycles. The molecule has 0 bridgehead atoms. The van der Waals surface area contributed by atoms with E-state index in [0.29, 0.717) is 5.69 Å². The molecule has 8 heteroatoms. The average molecular weight is 291 g/mol. The summed E-state index contributed by atoms with van der Waals surface area (Å²) < 4.78 is 4.87. The quantitative estimate of drug-likeness (QED) is 0.653. The summed E-state index contributed by atoms with van der Waals surface area (Å²) in [4.78, 5) is 37.0. The van der Waals surface area contributed by atoms with Crippen molar-refractivity contribution in [3.63, 3.8) is 0 Å². The van der Waals surface area contributed by atoms with Gasteiger partial charge in [0.2, 0.25) is 5.91 Å². The highest BCUT2D eigenvalue weighted by Gasteiger charge is 2.17. The van der Waals surface area contributed by atoms with E-state index in [1.807, 2.05) is 0 Å². The van der Waals surface area contributed by atoms with Crippen molar-refractivity contribution in [2.45, 2.75) is 6.92 Å². The Morgan fingerprint density at radius 3 is 2.76 bits per heavy atom. The fraction of sp³-hybridized carbons (Fsp3) is 0.154. The van der Waals surface area contributed by atoms with Gasteiger partial charge >= 0.3 is 5.97 Å². The lowest BCUT2D eigenvalue weighted by molar-refractivity contribution is -0.115. The minimum Gasteiger partial charge on any atom is -0.478 e. The third-order valence-corrected chi connectivity index (χ3v) is 2.72. The summed E-state index contributed by atoms with van der Waals surface area (Å²) >= 11 is 0. The van der Waals surface area contributed by atoms with Gasteiger partial charge in [-0.25, -0.2) is 4.79 Å². The molecular formula is C13H13N3O5. The van der Waals surface area contributed by atoms with E-state index < -0.39 is 17.8 Å². The molecule has 0 saturated heterocycles. The molecule has 2 heterocycles. The number of H-pyrrole nitrogens is 1. The number of anilines is 1. The van der Waals surface area contributed by atoms with Crippen LogP contribution in [0.3, 0.4) is 0 Å². The number of aromatic nitrogens is 1. The van der Waals surface area contributed by atoms with Gasteiger partial charge in [0.1, 0.15) is 5.56 Å².